The maximum Gasteiger partial charge on any atom is 0.268 e. The lowest BCUT2D eigenvalue weighted by Crippen LogP contribution is -2.29. The third kappa shape index (κ3) is 6.68. The van der Waals surface area contributed by atoms with Crippen molar-refractivity contribution in [2.75, 3.05) is 42.3 Å². The molecular formula is C37H38Cl2N2O5S. The summed E-state index contributed by atoms with van der Waals surface area (Å²) in [7, 11) is 1.64. The number of hydrogen-bond acceptors (Lipinski definition) is 6. The topological polar surface area (TPSA) is 87.2 Å². The van der Waals surface area contributed by atoms with Crippen LogP contribution in [0, 0.1) is 0 Å². The molecule has 1 unspecified atom stereocenters. The second-order valence-corrected chi connectivity index (χ2v) is 11.8. The highest BCUT2D eigenvalue weighted by Crippen LogP contribution is 2.46. The number of phenolic OH excluding ortho intramolecular Hbond substituents is 1. The maximum atomic E-state index is 13.8. The molecule has 7 rings (SSSR count). The molecule has 1 aromatic heterocycles. The average Bonchev–Trinajstić information content (AvgIpc) is 3.87. The summed E-state index contributed by atoms with van der Waals surface area (Å²) in [5, 5.41) is 14.5. The minimum Gasteiger partial charge on any atom is -0.507 e. The number of hydrogen-bond donors (Lipinski definition) is 1. The van der Waals surface area contributed by atoms with Crippen molar-refractivity contribution in [3.05, 3.63) is 93.7 Å². The second-order valence-electron chi connectivity index (χ2n) is 10.4. The number of thiophene rings is 1. The van der Waals surface area contributed by atoms with Crippen molar-refractivity contribution < 1.29 is 24.2 Å². The molecule has 5 aromatic rings. The van der Waals surface area contributed by atoms with Gasteiger partial charge in [-0.3, -0.25) is 9.59 Å². The summed E-state index contributed by atoms with van der Waals surface area (Å²) in [5.41, 5.74) is 3.62. The SMILES string of the molecule is CC.CC=O.CCl.COc1cc2c(c3ccccc13)CCN2C(=O)c1ccc(C(=O)N2CC(CCl)c3c2cc(O)c2ccccc32)s1. The van der Waals surface area contributed by atoms with E-state index in [0.29, 0.717) is 34.4 Å². The number of rotatable bonds is 4. The zero-order valence-electron chi connectivity index (χ0n) is 27.1. The average molecular weight is 694 g/mol. The molecule has 2 aliphatic rings. The number of amides is 2. The van der Waals surface area contributed by atoms with Gasteiger partial charge in [-0.1, -0.05) is 62.4 Å². The summed E-state index contributed by atoms with van der Waals surface area (Å²) in [6, 6.07) is 22.7. The number of carbonyl (C=O) groups excluding carboxylic acids is 3. The maximum absolute atomic E-state index is 13.8. The van der Waals surface area contributed by atoms with Crippen molar-refractivity contribution >= 4 is 85.6 Å². The van der Waals surface area contributed by atoms with E-state index in [4.69, 9.17) is 21.1 Å². The van der Waals surface area contributed by atoms with Crippen LogP contribution in [-0.4, -0.2) is 55.7 Å². The summed E-state index contributed by atoms with van der Waals surface area (Å²) in [6.45, 7) is 6.43. The fourth-order valence-corrected chi connectivity index (χ4v) is 7.35. The smallest absolute Gasteiger partial charge is 0.268 e. The summed E-state index contributed by atoms with van der Waals surface area (Å²) >= 11 is 12.2. The molecule has 246 valence electrons. The Kier molecular flexibility index (Phi) is 12.3. The highest BCUT2D eigenvalue weighted by atomic mass is 35.5. The normalized spacial score (nSPS) is 14.1. The summed E-state index contributed by atoms with van der Waals surface area (Å²) in [5.74, 6) is 0.810. The Balaban J connectivity index is 0.000000666. The van der Waals surface area contributed by atoms with Crippen molar-refractivity contribution in [3.8, 4) is 11.5 Å². The van der Waals surface area contributed by atoms with Crippen LogP contribution < -0.4 is 14.5 Å². The van der Waals surface area contributed by atoms with E-state index < -0.39 is 0 Å². The van der Waals surface area contributed by atoms with Crippen LogP contribution in [0.5, 0.6) is 11.5 Å². The third-order valence-corrected chi connectivity index (χ3v) is 9.47. The predicted octanol–water partition coefficient (Wildman–Crippen LogP) is 9.04. The summed E-state index contributed by atoms with van der Waals surface area (Å²) in [6.07, 6.45) is 2.98. The molecule has 2 amide bonds. The van der Waals surface area contributed by atoms with Gasteiger partial charge in [0.15, 0.2) is 0 Å². The van der Waals surface area contributed by atoms with E-state index in [2.05, 4.69) is 17.7 Å². The van der Waals surface area contributed by atoms with Crippen molar-refractivity contribution in [3.63, 3.8) is 0 Å². The number of fused-ring (bicyclic) bond motifs is 6. The quantitative estimate of drug-likeness (QED) is 0.150. The Bertz CT molecular complexity index is 1910. The molecule has 0 bridgehead atoms. The van der Waals surface area contributed by atoms with Gasteiger partial charge in [-0.2, -0.15) is 0 Å². The second kappa shape index (κ2) is 16.1. The molecule has 0 aliphatic carbocycles. The number of aldehydes is 1. The van der Waals surface area contributed by atoms with Crippen LogP contribution in [0.2, 0.25) is 0 Å². The Hall–Kier alpha value is -4.11. The van der Waals surface area contributed by atoms with Crippen LogP contribution in [-0.2, 0) is 11.2 Å². The minimum absolute atomic E-state index is 0.0573. The van der Waals surface area contributed by atoms with Gasteiger partial charge in [0, 0.05) is 54.2 Å². The third-order valence-electron chi connectivity index (χ3n) is 8.04. The van der Waals surface area contributed by atoms with Gasteiger partial charge in [0.25, 0.3) is 11.8 Å². The molecule has 47 heavy (non-hydrogen) atoms. The molecule has 0 saturated carbocycles. The fourth-order valence-electron chi connectivity index (χ4n) is 6.19. The first-order chi connectivity index (χ1) is 22.9. The first-order valence-corrected chi connectivity index (χ1v) is 17.4. The van der Waals surface area contributed by atoms with Crippen molar-refractivity contribution in [2.45, 2.75) is 33.1 Å². The van der Waals surface area contributed by atoms with Crippen LogP contribution in [0.4, 0.5) is 11.4 Å². The number of carbonyl (C=O) groups is 3. The van der Waals surface area contributed by atoms with Crippen molar-refractivity contribution in [1.29, 1.82) is 0 Å². The highest BCUT2D eigenvalue weighted by Gasteiger charge is 2.36. The lowest BCUT2D eigenvalue weighted by molar-refractivity contribution is -0.106. The molecule has 1 atom stereocenters. The molecule has 2 aliphatic heterocycles. The molecule has 4 aromatic carbocycles. The van der Waals surface area contributed by atoms with Gasteiger partial charge < -0.3 is 24.4 Å². The van der Waals surface area contributed by atoms with E-state index in [1.807, 2.05) is 62.4 Å². The number of anilines is 2. The molecule has 0 radical (unpaired) electrons. The number of ether oxygens (including phenoxy) is 1. The van der Waals surface area contributed by atoms with Crippen LogP contribution in [0.25, 0.3) is 21.5 Å². The first kappa shape index (κ1) is 35.7. The van der Waals surface area contributed by atoms with Crippen molar-refractivity contribution in [2.24, 2.45) is 0 Å². The zero-order valence-corrected chi connectivity index (χ0v) is 29.4. The molecule has 7 nitrogen and oxygen atoms in total. The predicted molar refractivity (Wildman–Crippen MR) is 196 cm³/mol. The number of benzene rings is 4. The lowest BCUT2D eigenvalue weighted by Gasteiger charge is -2.19. The molecule has 3 heterocycles. The van der Waals surface area contributed by atoms with Gasteiger partial charge >= 0.3 is 0 Å². The number of nitrogens with zero attached hydrogens (tertiary/aromatic N) is 2. The van der Waals surface area contributed by atoms with E-state index >= 15 is 0 Å². The van der Waals surface area contributed by atoms with E-state index in [1.165, 1.54) is 24.6 Å². The van der Waals surface area contributed by atoms with Gasteiger partial charge in [-0.05, 0) is 47.4 Å². The molecule has 10 heteroatoms. The van der Waals surface area contributed by atoms with E-state index in [0.717, 1.165) is 56.8 Å². The summed E-state index contributed by atoms with van der Waals surface area (Å²) < 4.78 is 5.65. The standard InChI is InChI=1S/C32H25ClN2O4S.C2H4O.C2H6.CH3Cl/c1-39-27-15-24-20(19-6-2-4-8-22(19)27)12-13-34(24)31(37)28-10-11-29(40-28)32(38)35-17-18(16-33)30-23-9-5-3-7-21(23)26(36)14-25(30)35;1-2-3;2*1-2/h2-11,14-15,18,36H,12-13,16-17H2,1H3;2H,1H3;1-2H3;1H3. The van der Waals surface area contributed by atoms with Gasteiger partial charge in [0.2, 0.25) is 0 Å². The van der Waals surface area contributed by atoms with Gasteiger partial charge in [-0.25, -0.2) is 0 Å². The molecule has 1 N–H and O–H groups in total. The van der Waals surface area contributed by atoms with E-state index in [1.54, 1.807) is 35.1 Å². The Labute approximate surface area is 289 Å². The fraction of sp³-hybridized carbons (Fsp3) is 0.270. The van der Waals surface area contributed by atoms with Crippen LogP contribution in [0.15, 0.2) is 72.8 Å². The Morgan fingerprint density at radius 2 is 1.45 bits per heavy atom. The molecule has 0 saturated heterocycles. The minimum atomic E-state index is -0.206. The zero-order chi connectivity index (χ0) is 34.2. The first-order valence-electron chi connectivity index (χ1n) is 15.3. The number of phenols is 1. The molecule has 0 fully saturated rings. The molecular weight excluding hydrogens is 655 g/mol. The van der Waals surface area contributed by atoms with E-state index in [-0.39, 0.29) is 23.5 Å². The van der Waals surface area contributed by atoms with Gasteiger partial charge in [0.05, 0.1) is 28.2 Å². The number of aromatic hydroxyl groups is 1. The largest absolute Gasteiger partial charge is 0.507 e. The van der Waals surface area contributed by atoms with Gasteiger partial charge in [-0.15, -0.1) is 34.5 Å². The highest BCUT2D eigenvalue weighted by molar-refractivity contribution is 7.16. The monoisotopic (exact) mass is 692 g/mol. The molecule has 0 spiro atoms. The number of alkyl halides is 2. The Morgan fingerprint density at radius 3 is 2.04 bits per heavy atom. The van der Waals surface area contributed by atoms with E-state index in [9.17, 15) is 14.7 Å². The number of halogens is 2. The van der Waals surface area contributed by atoms with Crippen LogP contribution in [0.3, 0.4) is 0 Å². The summed E-state index contributed by atoms with van der Waals surface area (Å²) in [4.78, 5) is 40.7. The van der Waals surface area contributed by atoms with Crippen molar-refractivity contribution in [1.82, 2.24) is 0 Å². The van der Waals surface area contributed by atoms with Crippen LogP contribution >= 0.6 is 34.5 Å². The number of methoxy groups -OCH3 is 1. The van der Waals surface area contributed by atoms with Gasteiger partial charge in [0.1, 0.15) is 17.8 Å². The lowest BCUT2D eigenvalue weighted by atomic mass is 9.95. The van der Waals surface area contributed by atoms with Crippen LogP contribution in [0.1, 0.15) is 57.2 Å². The Morgan fingerprint density at radius 1 is 0.894 bits per heavy atom.